The third-order valence-corrected chi connectivity index (χ3v) is 4.60. The average Bonchev–Trinajstić information content (AvgIpc) is 3.16. The molecule has 0 radical (unpaired) electrons. The van der Waals surface area contributed by atoms with E-state index in [9.17, 15) is 0 Å². The molecule has 1 saturated carbocycles. The van der Waals surface area contributed by atoms with Crippen molar-refractivity contribution in [3.05, 3.63) is 46.7 Å². The van der Waals surface area contributed by atoms with Gasteiger partial charge in [-0.05, 0) is 50.1 Å². The molecule has 4 nitrogen and oxygen atoms in total. The van der Waals surface area contributed by atoms with Crippen molar-refractivity contribution in [1.82, 2.24) is 15.1 Å². The zero-order valence-electron chi connectivity index (χ0n) is 14.0. The Labute approximate surface area is 154 Å². The molecule has 0 aliphatic heterocycles. The minimum atomic E-state index is 0. The Balaban J connectivity index is 0.00000208. The molecule has 1 heterocycles. The standard InChI is InChI=1S/C18H24ClN3O.ClH/c1-20-11-16-10-17(13-23-18-8-4-7-15(19)9-18)22(21-16)12-14-5-2-3-6-14;/h4,7-10,14,20H,2-3,5-6,11-13H2,1H3;1H. The van der Waals surface area contributed by atoms with Gasteiger partial charge in [-0.1, -0.05) is 30.5 Å². The number of hydrogen-bond acceptors (Lipinski definition) is 3. The first-order valence-electron chi connectivity index (χ1n) is 8.33. The summed E-state index contributed by atoms with van der Waals surface area (Å²) < 4.78 is 8.04. The molecule has 0 spiro atoms. The van der Waals surface area contributed by atoms with E-state index in [0.29, 0.717) is 11.6 Å². The maximum absolute atomic E-state index is 6.01. The second-order valence-electron chi connectivity index (χ2n) is 6.24. The van der Waals surface area contributed by atoms with Crippen molar-refractivity contribution < 1.29 is 4.74 Å². The van der Waals surface area contributed by atoms with Gasteiger partial charge in [0.1, 0.15) is 12.4 Å². The van der Waals surface area contributed by atoms with Crippen LogP contribution in [0.25, 0.3) is 0 Å². The first-order valence-corrected chi connectivity index (χ1v) is 8.71. The van der Waals surface area contributed by atoms with Crippen LogP contribution < -0.4 is 10.1 Å². The van der Waals surface area contributed by atoms with Crippen LogP contribution in [-0.2, 0) is 19.7 Å². The number of hydrogen-bond donors (Lipinski definition) is 1. The molecule has 2 aromatic rings. The van der Waals surface area contributed by atoms with Gasteiger partial charge in [-0.25, -0.2) is 0 Å². The van der Waals surface area contributed by atoms with E-state index in [-0.39, 0.29) is 12.4 Å². The van der Waals surface area contributed by atoms with Gasteiger partial charge >= 0.3 is 0 Å². The predicted molar refractivity (Wildman–Crippen MR) is 100.0 cm³/mol. The molecule has 0 atom stereocenters. The van der Waals surface area contributed by atoms with E-state index in [4.69, 9.17) is 21.4 Å². The van der Waals surface area contributed by atoms with Gasteiger partial charge in [0, 0.05) is 18.1 Å². The number of halogens is 2. The van der Waals surface area contributed by atoms with E-state index >= 15 is 0 Å². The molecule has 1 aromatic heterocycles. The molecule has 0 saturated heterocycles. The monoisotopic (exact) mass is 369 g/mol. The molecular formula is C18H25Cl2N3O. The lowest BCUT2D eigenvalue weighted by Gasteiger charge is -2.13. The van der Waals surface area contributed by atoms with Crippen molar-refractivity contribution in [1.29, 1.82) is 0 Å². The van der Waals surface area contributed by atoms with Gasteiger partial charge in [-0.3, -0.25) is 4.68 Å². The van der Waals surface area contributed by atoms with E-state index in [1.807, 2.05) is 31.3 Å². The number of rotatable bonds is 7. The maximum atomic E-state index is 6.01. The number of aromatic nitrogens is 2. The highest BCUT2D eigenvalue weighted by Gasteiger charge is 2.18. The first kappa shape index (κ1) is 19.1. The second kappa shape index (κ2) is 9.30. The molecule has 24 heavy (non-hydrogen) atoms. The average molecular weight is 370 g/mol. The van der Waals surface area contributed by atoms with Gasteiger partial charge in [0.2, 0.25) is 0 Å². The minimum absolute atomic E-state index is 0. The first-order chi connectivity index (χ1) is 11.2. The van der Waals surface area contributed by atoms with Crippen molar-refractivity contribution in [3.63, 3.8) is 0 Å². The van der Waals surface area contributed by atoms with E-state index in [2.05, 4.69) is 16.1 Å². The minimum Gasteiger partial charge on any atom is -0.487 e. The smallest absolute Gasteiger partial charge is 0.130 e. The number of nitrogens with one attached hydrogen (secondary N) is 1. The number of benzene rings is 1. The van der Waals surface area contributed by atoms with E-state index in [0.717, 1.165) is 36.1 Å². The van der Waals surface area contributed by atoms with E-state index < -0.39 is 0 Å². The molecule has 1 N–H and O–H groups in total. The maximum Gasteiger partial charge on any atom is 0.130 e. The molecule has 1 aliphatic carbocycles. The zero-order valence-corrected chi connectivity index (χ0v) is 15.6. The van der Waals surface area contributed by atoms with Gasteiger partial charge in [0.15, 0.2) is 0 Å². The van der Waals surface area contributed by atoms with Crippen molar-refractivity contribution in [2.75, 3.05) is 7.05 Å². The highest BCUT2D eigenvalue weighted by molar-refractivity contribution is 6.30. The Bertz CT molecular complexity index is 639. The predicted octanol–water partition coefficient (Wildman–Crippen LogP) is 4.45. The number of ether oxygens (including phenoxy) is 1. The molecule has 6 heteroatoms. The lowest BCUT2D eigenvalue weighted by molar-refractivity contribution is 0.285. The van der Waals surface area contributed by atoms with Crippen molar-refractivity contribution in [2.45, 2.75) is 45.4 Å². The summed E-state index contributed by atoms with van der Waals surface area (Å²) in [5.74, 6) is 1.54. The summed E-state index contributed by atoms with van der Waals surface area (Å²) in [5, 5.41) is 8.60. The van der Waals surface area contributed by atoms with Gasteiger partial charge in [-0.15, -0.1) is 12.4 Å². The zero-order chi connectivity index (χ0) is 16.1. The lowest BCUT2D eigenvalue weighted by Crippen LogP contribution is -2.14. The fourth-order valence-electron chi connectivity index (χ4n) is 3.21. The molecule has 132 valence electrons. The fourth-order valence-corrected chi connectivity index (χ4v) is 3.39. The Morgan fingerprint density at radius 3 is 2.79 bits per heavy atom. The van der Waals surface area contributed by atoms with E-state index in [1.54, 1.807) is 0 Å². The third-order valence-electron chi connectivity index (χ3n) is 4.36. The summed E-state index contributed by atoms with van der Waals surface area (Å²) in [4.78, 5) is 0. The molecule has 0 amide bonds. The van der Waals surface area contributed by atoms with Crippen LogP contribution in [0.3, 0.4) is 0 Å². The van der Waals surface area contributed by atoms with Crippen LogP contribution in [-0.4, -0.2) is 16.8 Å². The van der Waals surface area contributed by atoms with Crippen LogP contribution in [0.15, 0.2) is 30.3 Å². The quantitative estimate of drug-likeness (QED) is 0.783. The summed E-state index contributed by atoms with van der Waals surface area (Å²) in [5.41, 5.74) is 2.19. The van der Waals surface area contributed by atoms with Crippen LogP contribution in [0, 0.1) is 5.92 Å². The Morgan fingerprint density at radius 2 is 2.08 bits per heavy atom. The lowest BCUT2D eigenvalue weighted by atomic mass is 10.1. The van der Waals surface area contributed by atoms with Crippen LogP contribution >= 0.6 is 24.0 Å². The summed E-state index contributed by atoms with van der Waals surface area (Å²) >= 11 is 6.01. The topological polar surface area (TPSA) is 39.1 Å². The molecular weight excluding hydrogens is 345 g/mol. The Hall–Kier alpha value is -1.23. The number of nitrogens with zero attached hydrogens (tertiary/aromatic N) is 2. The van der Waals surface area contributed by atoms with Crippen LogP contribution in [0.4, 0.5) is 0 Å². The second-order valence-corrected chi connectivity index (χ2v) is 6.67. The molecule has 0 bridgehead atoms. The van der Waals surface area contributed by atoms with Crippen molar-refractivity contribution in [2.24, 2.45) is 5.92 Å². The molecule has 0 unspecified atom stereocenters. The Morgan fingerprint density at radius 1 is 1.29 bits per heavy atom. The van der Waals surface area contributed by atoms with Gasteiger partial charge in [-0.2, -0.15) is 5.10 Å². The molecule has 3 rings (SSSR count). The Kier molecular flexibility index (Phi) is 7.40. The highest BCUT2D eigenvalue weighted by Crippen LogP contribution is 2.27. The van der Waals surface area contributed by atoms with Crippen LogP contribution in [0.5, 0.6) is 5.75 Å². The SMILES string of the molecule is CNCc1cc(COc2cccc(Cl)c2)n(CC2CCCC2)n1.Cl. The largest absolute Gasteiger partial charge is 0.487 e. The normalized spacial score (nSPS) is 14.6. The van der Waals surface area contributed by atoms with Crippen molar-refractivity contribution in [3.8, 4) is 5.75 Å². The summed E-state index contributed by atoms with van der Waals surface area (Å²) in [6.45, 7) is 2.30. The van der Waals surface area contributed by atoms with Gasteiger partial charge < -0.3 is 10.1 Å². The molecule has 1 aliphatic rings. The summed E-state index contributed by atoms with van der Waals surface area (Å²) in [6.07, 6.45) is 5.33. The van der Waals surface area contributed by atoms with Crippen LogP contribution in [0.1, 0.15) is 37.1 Å². The fraction of sp³-hybridized carbons (Fsp3) is 0.500. The highest BCUT2D eigenvalue weighted by atomic mass is 35.5. The molecule has 1 fully saturated rings. The van der Waals surface area contributed by atoms with Gasteiger partial charge in [0.05, 0.1) is 11.4 Å². The van der Waals surface area contributed by atoms with Crippen molar-refractivity contribution >= 4 is 24.0 Å². The summed E-state index contributed by atoms with van der Waals surface area (Å²) in [7, 11) is 1.94. The third kappa shape index (κ3) is 5.13. The summed E-state index contributed by atoms with van der Waals surface area (Å²) in [6, 6.07) is 9.66. The van der Waals surface area contributed by atoms with E-state index in [1.165, 1.54) is 25.7 Å². The molecule has 1 aromatic carbocycles. The van der Waals surface area contributed by atoms with Gasteiger partial charge in [0.25, 0.3) is 0 Å². The van der Waals surface area contributed by atoms with Crippen LogP contribution in [0.2, 0.25) is 5.02 Å².